The van der Waals surface area contributed by atoms with Crippen LogP contribution < -0.4 is 0 Å². The summed E-state index contributed by atoms with van der Waals surface area (Å²) in [4.78, 5) is 0. The molecule has 0 aliphatic rings. The standard InChI is InChI=1S/C3HFS/c4-2-1-3(2)5/h1H. The van der Waals surface area contributed by atoms with E-state index in [4.69, 9.17) is 0 Å². The molecule has 0 bridgehead atoms. The van der Waals surface area contributed by atoms with Gasteiger partial charge in [-0.25, -0.2) is 4.39 Å². The molecular formula is C3HFS. The Bertz CT molecular complexity index is 138. The van der Waals surface area contributed by atoms with Gasteiger partial charge in [-0.1, -0.05) is 12.2 Å². The minimum atomic E-state index is -0.222. The van der Waals surface area contributed by atoms with Crippen LogP contribution in [0.3, 0.4) is 0 Å². The molecule has 0 amide bonds. The zero-order valence-electron chi connectivity index (χ0n) is 2.36. The SMILES string of the molecule is Fc1cc1=S. The summed E-state index contributed by atoms with van der Waals surface area (Å²) in [5, 5.41) is 0. The second-order valence-electron chi connectivity index (χ2n) is 0.857. The maximum absolute atomic E-state index is 11.2. The van der Waals surface area contributed by atoms with Crippen molar-refractivity contribution in [3.8, 4) is 0 Å². The highest BCUT2D eigenvalue weighted by Crippen LogP contribution is 2.05. The van der Waals surface area contributed by atoms with E-state index in [-0.39, 0.29) is 5.82 Å². The Morgan fingerprint density at radius 2 is 2.00 bits per heavy atom. The fraction of sp³-hybridized carbons (Fsp3) is 0. The first-order chi connectivity index (χ1) is 2.30. The van der Waals surface area contributed by atoms with Crippen LogP contribution in [0, 0.1) is 10.3 Å². The monoisotopic (exact) mass is 88.0 g/mol. The lowest BCUT2D eigenvalue weighted by Gasteiger charge is -1.38. The van der Waals surface area contributed by atoms with Gasteiger partial charge in [-0.2, -0.15) is 0 Å². The lowest BCUT2D eigenvalue weighted by Crippen LogP contribution is -1.26. The highest BCUT2D eigenvalue weighted by molar-refractivity contribution is 7.71. The first-order valence-electron chi connectivity index (χ1n) is 1.22. The van der Waals surface area contributed by atoms with Gasteiger partial charge in [0, 0.05) is 0 Å². The Labute approximate surface area is 33.9 Å². The van der Waals surface area contributed by atoms with E-state index in [1.807, 2.05) is 0 Å². The zero-order chi connectivity index (χ0) is 3.86. The average molecular weight is 88.1 g/mol. The number of hydrogen-bond donors (Lipinski definition) is 0. The second-order valence-corrected chi connectivity index (χ2v) is 1.30. The molecule has 0 heterocycles. The van der Waals surface area contributed by atoms with Crippen LogP contribution in [-0.2, 0) is 0 Å². The molecule has 0 unspecified atom stereocenters. The molecule has 1 aromatic carbocycles. The zero-order valence-corrected chi connectivity index (χ0v) is 3.18. The van der Waals surface area contributed by atoms with Gasteiger partial charge in [0.1, 0.15) is 5.82 Å². The van der Waals surface area contributed by atoms with Crippen molar-refractivity contribution in [1.29, 1.82) is 0 Å². The highest BCUT2D eigenvalue weighted by Gasteiger charge is 1.97. The molecule has 0 aromatic heterocycles. The van der Waals surface area contributed by atoms with Crippen molar-refractivity contribution < 1.29 is 4.39 Å². The maximum atomic E-state index is 11.2. The van der Waals surface area contributed by atoms with Gasteiger partial charge in [0.2, 0.25) is 0 Å². The van der Waals surface area contributed by atoms with Crippen LogP contribution in [0.5, 0.6) is 0 Å². The molecule has 0 atom stereocenters. The van der Waals surface area contributed by atoms with E-state index in [1.165, 1.54) is 6.07 Å². The Balaban J connectivity index is 3.15. The molecule has 0 fully saturated rings. The van der Waals surface area contributed by atoms with E-state index >= 15 is 0 Å². The summed E-state index contributed by atoms with van der Waals surface area (Å²) in [7, 11) is 0. The van der Waals surface area contributed by atoms with Crippen molar-refractivity contribution >= 4 is 12.2 Å². The molecule has 2 heteroatoms. The predicted octanol–water partition coefficient (Wildman–Crippen LogP) is 1.43. The quantitative estimate of drug-likeness (QED) is 0.432. The molecule has 0 spiro atoms. The third-order valence-corrected chi connectivity index (χ3v) is 0.723. The summed E-state index contributed by atoms with van der Waals surface area (Å²) in [6, 6.07) is 1.31. The smallest absolute Gasteiger partial charge is 0.142 e. The van der Waals surface area contributed by atoms with E-state index < -0.39 is 0 Å². The van der Waals surface area contributed by atoms with Gasteiger partial charge in [0.15, 0.2) is 0 Å². The molecule has 0 aliphatic carbocycles. The van der Waals surface area contributed by atoms with Crippen molar-refractivity contribution in [1.82, 2.24) is 0 Å². The molecule has 0 radical (unpaired) electrons. The summed E-state index contributed by atoms with van der Waals surface area (Å²) >= 11 is 4.30. The molecule has 26 valence electrons. The summed E-state index contributed by atoms with van der Waals surface area (Å²) < 4.78 is 11.6. The predicted molar refractivity (Wildman–Crippen MR) is 19.6 cm³/mol. The maximum Gasteiger partial charge on any atom is 0.142 e. The molecule has 0 nitrogen and oxygen atoms in total. The van der Waals surface area contributed by atoms with Crippen molar-refractivity contribution in [3.05, 3.63) is 16.4 Å². The van der Waals surface area contributed by atoms with Gasteiger partial charge < -0.3 is 0 Å². The molecule has 0 saturated heterocycles. The number of hydrogen-bond acceptors (Lipinski definition) is 1. The van der Waals surface area contributed by atoms with E-state index in [0.29, 0.717) is 4.51 Å². The largest absolute Gasteiger partial charge is 0.205 e. The van der Waals surface area contributed by atoms with E-state index in [1.54, 1.807) is 0 Å². The fourth-order valence-electron chi connectivity index (χ4n) is 0.0790. The Kier molecular flexibility index (Phi) is 0.372. The summed E-state index contributed by atoms with van der Waals surface area (Å²) in [5.74, 6) is -0.222. The van der Waals surface area contributed by atoms with Gasteiger partial charge in [0.25, 0.3) is 0 Å². The normalized spacial score (nSPS) is 9.80. The molecule has 1 rings (SSSR count). The molecule has 5 heavy (non-hydrogen) atoms. The van der Waals surface area contributed by atoms with Crippen LogP contribution in [0.4, 0.5) is 4.39 Å². The van der Waals surface area contributed by atoms with Gasteiger partial charge in [0.05, 0.1) is 4.51 Å². The van der Waals surface area contributed by atoms with Gasteiger partial charge in [-0.3, -0.25) is 0 Å². The summed E-state index contributed by atoms with van der Waals surface area (Å²) in [6.45, 7) is 0. The second kappa shape index (κ2) is 0.627. The molecule has 0 N–H and O–H groups in total. The molecule has 1 aromatic rings. The first kappa shape index (κ1) is 2.97. The lowest BCUT2D eigenvalue weighted by atomic mass is 11.1. The van der Waals surface area contributed by atoms with Crippen molar-refractivity contribution in [2.24, 2.45) is 0 Å². The van der Waals surface area contributed by atoms with E-state index in [9.17, 15) is 4.39 Å². The van der Waals surface area contributed by atoms with Gasteiger partial charge in [-0.05, 0) is 6.07 Å². The van der Waals surface area contributed by atoms with Crippen molar-refractivity contribution in [2.75, 3.05) is 0 Å². The van der Waals surface area contributed by atoms with E-state index in [2.05, 4.69) is 12.2 Å². The lowest BCUT2D eigenvalue weighted by molar-refractivity contribution is 0.656. The Morgan fingerprint density at radius 3 is 2.00 bits per heavy atom. The van der Waals surface area contributed by atoms with Crippen LogP contribution in [0.2, 0.25) is 0 Å². The van der Waals surface area contributed by atoms with Crippen LogP contribution in [-0.4, -0.2) is 0 Å². The van der Waals surface area contributed by atoms with E-state index in [0.717, 1.165) is 0 Å². The summed E-state index contributed by atoms with van der Waals surface area (Å²) in [5.41, 5.74) is 0. The van der Waals surface area contributed by atoms with Gasteiger partial charge >= 0.3 is 0 Å². The van der Waals surface area contributed by atoms with Crippen LogP contribution in [0.15, 0.2) is 6.07 Å². The molecular weight excluding hydrogens is 87.1 g/mol. The minimum absolute atomic E-state index is 0.222. The number of halogens is 1. The average Bonchev–Trinajstić information content (AvgIpc) is 1.79. The van der Waals surface area contributed by atoms with Crippen molar-refractivity contribution in [2.45, 2.75) is 0 Å². The van der Waals surface area contributed by atoms with Crippen molar-refractivity contribution in [3.63, 3.8) is 0 Å². The third kappa shape index (κ3) is 0.351. The minimum Gasteiger partial charge on any atom is -0.205 e. The topological polar surface area (TPSA) is 0 Å². The summed E-state index contributed by atoms with van der Waals surface area (Å²) in [6.07, 6.45) is 0. The third-order valence-electron chi connectivity index (χ3n) is 0.410. The highest BCUT2D eigenvalue weighted by atomic mass is 32.1. The van der Waals surface area contributed by atoms with Crippen LogP contribution in [0.1, 0.15) is 0 Å². The Morgan fingerprint density at radius 1 is 1.80 bits per heavy atom. The van der Waals surface area contributed by atoms with Crippen LogP contribution >= 0.6 is 12.2 Å². The van der Waals surface area contributed by atoms with Crippen LogP contribution in [0.25, 0.3) is 0 Å². The Hall–Kier alpha value is -0.240. The molecule has 0 aliphatic heterocycles. The first-order valence-corrected chi connectivity index (χ1v) is 1.63. The van der Waals surface area contributed by atoms with Gasteiger partial charge in [-0.15, -0.1) is 0 Å². The number of rotatable bonds is 0. The fourth-order valence-corrected chi connectivity index (χ4v) is 0.182. The molecule has 0 saturated carbocycles.